The lowest BCUT2D eigenvalue weighted by Crippen LogP contribution is -2.40. The fraction of sp³-hybridized carbons (Fsp3) is 0.300. The van der Waals surface area contributed by atoms with E-state index in [2.05, 4.69) is 0 Å². The average molecular weight is 515 g/mol. The molecule has 3 atom stereocenters. The Morgan fingerprint density at radius 3 is 2.16 bits per heavy atom. The largest absolute Gasteiger partial charge is 0.396 e. The van der Waals surface area contributed by atoms with Crippen LogP contribution in [0.2, 0.25) is 0 Å². The molecule has 38 heavy (non-hydrogen) atoms. The van der Waals surface area contributed by atoms with Gasteiger partial charge in [-0.1, -0.05) is 48.6 Å². The predicted octanol–water partition coefficient (Wildman–Crippen LogP) is 3.31. The summed E-state index contributed by atoms with van der Waals surface area (Å²) in [6.07, 6.45) is 2.29. The van der Waals surface area contributed by atoms with E-state index in [1.165, 1.54) is 9.80 Å². The summed E-state index contributed by atoms with van der Waals surface area (Å²) in [6, 6.07) is 14.2. The first kappa shape index (κ1) is 24.8. The fourth-order valence-corrected chi connectivity index (χ4v) is 6.17. The summed E-state index contributed by atoms with van der Waals surface area (Å²) in [5.41, 5.74) is 4.89. The topological polar surface area (TPSA) is 125 Å². The number of benzene rings is 3. The van der Waals surface area contributed by atoms with Gasteiger partial charge in [0.05, 0.1) is 0 Å². The van der Waals surface area contributed by atoms with Crippen LogP contribution in [0, 0.1) is 0 Å². The van der Waals surface area contributed by atoms with Crippen molar-refractivity contribution in [2.24, 2.45) is 0 Å². The van der Waals surface area contributed by atoms with Gasteiger partial charge in [-0.2, -0.15) is 0 Å². The van der Waals surface area contributed by atoms with Crippen LogP contribution in [0.4, 0.5) is 5.69 Å². The first-order valence-electron chi connectivity index (χ1n) is 12.9. The molecule has 3 aromatic carbocycles. The second-order valence-corrected chi connectivity index (χ2v) is 9.89. The number of allylic oxidation sites excluding steroid dienone is 3. The molecule has 1 aliphatic carbocycles. The van der Waals surface area contributed by atoms with Crippen LogP contribution in [0.3, 0.4) is 0 Å². The van der Waals surface area contributed by atoms with Crippen molar-refractivity contribution in [3.8, 4) is 0 Å². The van der Waals surface area contributed by atoms with E-state index in [9.17, 15) is 30.3 Å². The lowest BCUT2D eigenvalue weighted by molar-refractivity contribution is 0.0187. The minimum Gasteiger partial charge on any atom is -0.396 e. The summed E-state index contributed by atoms with van der Waals surface area (Å²) in [4.78, 5) is 16.8. The Kier molecular flexibility index (Phi) is 6.29. The molecule has 0 bridgehead atoms. The molecule has 5 N–H and O–H groups in total. The fourth-order valence-electron chi connectivity index (χ4n) is 6.17. The maximum absolute atomic E-state index is 13.8. The number of anilines is 1. The molecule has 3 unspecified atom stereocenters. The summed E-state index contributed by atoms with van der Waals surface area (Å²) in [5, 5.41) is 54.7. The van der Waals surface area contributed by atoms with E-state index in [1.54, 1.807) is 30.3 Å². The summed E-state index contributed by atoms with van der Waals surface area (Å²) in [6.45, 7) is -0.132. The molecule has 1 amide bonds. The molecule has 2 heterocycles. The molecule has 0 radical (unpaired) electrons. The Labute approximate surface area is 220 Å². The summed E-state index contributed by atoms with van der Waals surface area (Å²) >= 11 is 0. The highest BCUT2D eigenvalue weighted by molar-refractivity contribution is 6.13. The number of hydrogen-bond donors (Lipinski definition) is 5. The molecule has 8 nitrogen and oxygen atoms in total. The zero-order chi connectivity index (χ0) is 26.6. The molecule has 2 aliphatic heterocycles. The van der Waals surface area contributed by atoms with Crippen LogP contribution in [-0.2, 0) is 6.42 Å². The van der Waals surface area contributed by atoms with E-state index in [0.717, 1.165) is 17.6 Å². The molecule has 6 rings (SSSR count). The maximum Gasteiger partial charge on any atom is 0.261 e. The lowest BCUT2D eigenvalue weighted by Gasteiger charge is -2.43. The molecule has 3 aromatic rings. The molecule has 0 saturated heterocycles. The average Bonchev–Trinajstić information content (AvgIpc) is 2.93. The SMILES string of the molecule is O=C1c2ccc3c4c(ccc(c24)C(O)N1C1=C(CCO)C=CCC1)C(O)N(c1ccccc1CCO)C3O. The van der Waals surface area contributed by atoms with Crippen LogP contribution >= 0.6 is 0 Å². The first-order chi connectivity index (χ1) is 18.5. The van der Waals surface area contributed by atoms with Gasteiger partial charge in [0.2, 0.25) is 0 Å². The van der Waals surface area contributed by atoms with E-state index in [0.29, 0.717) is 63.7 Å². The maximum atomic E-state index is 13.8. The van der Waals surface area contributed by atoms with E-state index in [-0.39, 0.29) is 19.1 Å². The Morgan fingerprint density at radius 1 is 0.789 bits per heavy atom. The van der Waals surface area contributed by atoms with Gasteiger partial charge in [0.1, 0.15) is 0 Å². The third kappa shape index (κ3) is 3.60. The van der Waals surface area contributed by atoms with Crippen molar-refractivity contribution in [1.82, 2.24) is 4.90 Å². The highest BCUT2D eigenvalue weighted by Crippen LogP contribution is 2.49. The summed E-state index contributed by atoms with van der Waals surface area (Å²) < 4.78 is 0. The number of carbonyl (C=O) groups excluding carboxylic acids is 1. The number of aliphatic hydroxyl groups is 5. The molecule has 0 saturated carbocycles. The van der Waals surface area contributed by atoms with Crippen LogP contribution in [0.5, 0.6) is 0 Å². The van der Waals surface area contributed by atoms with E-state index < -0.39 is 18.7 Å². The van der Waals surface area contributed by atoms with Gasteiger partial charge < -0.3 is 30.4 Å². The van der Waals surface area contributed by atoms with Crippen LogP contribution in [0.15, 0.2) is 72.0 Å². The van der Waals surface area contributed by atoms with Crippen molar-refractivity contribution in [2.45, 2.75) is 44.4 Å². The zero-order valence-electron chi connectivity index (χ0n) is 20.8. The molecular formula is C30H30N2O6. The Hall–Kier alpha value is -3.53. The van der Waals surface area contributed by atoms with Crippen molar-refractivity contribution < 1.29 is 30.3 Å². The quantitative estimate of drug-likeness (QED) is 0.342. The number of carbonyl (C=O) groups is 1. The van der Waals surface area contributed by atoms with Crippen molar-refractivity contribution in [1.29, 1.82) is 0 Å². The van der Waals surface area contributed by atoms with Crippen molar-refractivity contribution >= 4 is 22.4 Å². The van der Waals surface area contributed by atoms with Gasteiger partial charge in [0.25, 0.3) is 5.91 Å². The van der Waals surface area contributed by atoms with Crippen LogP contribution < -0.4 is 4.90 Å². The second kappa shape index (κ2) is 9.65. The number of para-hydroxylation sites is 1. The van der Waals surface area contributed by atoms with Gasteiger partial charge in [0, 0.05) is 52.2 Å². The van der Waals surface area contributed by atoms with E-state index >= 15 is 0 Å². The van der Waals surface area contributed by atoms with Gasteiger partial charge >= 0.3 is 0 Å². The van der Waals surface area contributed by atoms with Gasteiger partial charge in [-0.05, 0) is 54.3 Å². The highest BCUT2D eigenvalue weighted by Gasteiger charge is 2.41. The van der Waals surface area contributed by atoms with Gasteiger partial charge in [-0.25, -0.2) is 0 Å². The smallest absolute Gasteiger partial charge is 0.261 e. The van der Waals surface area contributed by atoms with Crippen LogP contribution in [0.1, 0.15) is 70.6 Å². The van der Waals surface area contributed by atoms with Crippen molar-refractivity contribution in [3.63, 3.8) is 0 Å². The van der Waals surface area contributed by atoms with Gasteiger partial charge in [-0.15, -0.1) is 0 Å². The summed E-state index contributed by atoms with van der Waals surface area (Å²) in [7, 11) is 0. The van der Waals surface area contributed by atoms with Crippen molar-refractivity contribution in [3.05, 3.63) is 99.8 Å². The molecule has 8 heteroatoms. The summed E-state index contributed by atoms with van der Waals surface area (Å²) in [5.74, 6) is -0.353. The van der Waals surface area contributed by atoms with Gasteiger partial charge in [0.15, 0.2) is 18.7 Å². The first-order valence-corrected chi connectivity index (χ1v) is 12.9. The van der Waals surface area contributed by atoms with Crippen LogP contribution in [-0.4, -0.2) is 49.6 Å². The second-order valence-electron chi connectivity index (χ2n) is 9.89. The number of nitrogens with zero attached hydrogens (tertiary/aromatic N) is 2. The zero-order valence-corrected chi connectivity index (χ0v) is 20.8. The minimum absolute atomic E-state index is 0.0616. The van der Waals surface area contributed by atoms with Gasteiger partial charge in [-0.3, -0.25) is 9.69 Å². The third-order valence-corrected chi connectivity index (χ3v) is 7.87. The minimum atomic E-state index is -1.24. The highest BCUT2D eigenvalue weighted by atomic mass is 16.3. The monoisotopic (exact) mass is 514 g/mol. The number of hydrogen-bond acceptors (Lipinski definition) is 7. The number of rotatable bonds is 6. The Morgan fingerprint density at radius 2 is 1.45 bits per heavy atom. The Bertz CT molecular complexity index is 1480. The van der Waals surface area contributed by atoms with Crippen molar-refractivity contribution in [2.75, 3.05) is 18.1 Å². The predicted molar refractivity (Wildman–Crippen MR) is 142 cm³/mol. The lowest BCUT2D eigenvalue weighted by atomic mass is 9.84. The molecule has 0 aromatic heterocycles. The third-order valence-electron chi connectivity index (χ3n) is 7.87. The van der Waals surface area contributed by atoms with E-state index in [1.807, 2.05) is 30.4 Å². The molecule has 196 valence electrons. The Balaban J connectivity index is 1.50. The number of aliphatic hydroxyl groups excluding tert-OH is 5. The molecule has 3 aliphatic rings. The van der Waals surface area contributed by atoms with E-state index in [4.69, 9.17) is 0 Å². The standard InChI is InChI=1S/C30H30N2O6/c33-15-13-17-5-1-3-7-23(17)31-27(35)19-9-11-21-26-22(12-10-20(25(19)26)28(31)36)30(38)32(29(21)37)24-8-4-2-6-18(24)14-16-34/h1-3,5-7,9-12,27-29,33-37H,4,8,13-16H2. The normalized spacial score (nSPS) is 22.6. The molecule has 0 fully saturated rings. The molecule has 0 spiro atoms. The molecular weight excluding hydrogens is 484 g/mol. The number of amides is 1. The van der Waals surface area contributed by atoms with Crippen LogP contribution in [0.25, 0.3) is 10.8 Å².